The Labute approximate surface area is 216 Å². The monoisotopic (exact) mass is 509 g/mol. The Hall–Kier alpha value is -1.61. The molecule has 0 saturated carbocycles. The summed E-state index contributed by atoms with van der Waals surface area (Å²) in [7, 11) is 3.80. The van der Waals surface area contributed by atoms with Gasteiger partial charge in [0.25, 0.3) is 0 Å². The SMILES string of the molecule is CCC1OC(=O)C(C)C(=O)C(C)C(OC2OC(C)CC(N(C)C)C2O)C(C)CC(C)C(=O)C=CC1C. The van der Waals surface area contributed by atoms with E-state index in [0.717, 1.165) is 0 Å². The number of likely N-dealkylation sites (N-methyl/N-ethyl adjacent to an activating group) is 1. The molecule has 11 unspecified atom stereocenters. The van der Waals surface area contributed by atoms with E-state index in [4.69, 9.17) is 14.2 Å². The van der Waals surface area contributed by atoms with Crippen molar-refractivity contribution in [2.45, 2.75) is 104 Å². The topological polar surface area (TPSA) is 102 Å². The van der Waals surface area contributed by atoms with Crippen LogP contribution in [0, 0.1) is 29.6 Å². The minimum atomic E-state index is -0.962. The van der Waals surface area contributed by atoms with Crippen molar-refractivity contribution in [1.29, 1.82) is 0 Å². The van der Waals surface area contributed by atoms with Crippen molar-refractivity contribution in [3.05, 3.63) is 12.2 Å². The van der Waals surface area contributed by atoms with Crippen LogP contribution in [0.15, 0.2) is 12.2 Å². The van der Waals surface area contributed by atoms with Crippen LogP contribution in [0.4, 0.5) is 0 Å². The molecule has 0 amide bonds. The maximum absolute atomic E-state index is 13.5. The van der Waals surface area contributed by atoms with Gasteiger partial charge in [0.05, 0.1) is 12.2 Å². The summed E-state index contributed by atoms with van der Waals surface area (Å²) in [4.78, 5) is 41.2. The molecule has 206 valence electrons. The van der Waals surface area contributed by atoms with E-state index in [-0.39, 0.29) is 41.5 Å². The van der Waals surface area contributed by atoms with Gasteiger partial charge in [-0.1, -0.05) is 40.7 Å². The van der Waals surface area contributed by atoms with Crippen LogP contribution in [0.2, 0.25) is 0 Å². The van der Waals surface area contributed by atoms with Crippen LogP contribution in [0.25, 0.3) is 0 Å². The molecule has 0 bridgehead atoms. The van der Waals surface area contributed by atoms with Crippen LogP contribution >= 0.6 is 0 Å². The fourth-order valence-electron chi connectivity index (χ4n) is 5.38. The number of aliphatic hydroxyl groups excluding tert-OH is 1. The Kier molecular flexibility index (Phi) is 11.3. The standard InChI is InChI=1S/C28H47NO7/c1-10-23-15(2)11-12-22(30)16(3)13-17(4)26(19(6)24(31)20(7)27(33)35-23)36-28-25(32)21(29(8)9)14-18(5)34-28/h11-12,15-21,23,25-26,28,32H,10,13-14H2,1-9H3. The van der Waals surface area contributed by atoms with Gasteiger partial charge in [0.2, 0.25) is 0 Å². The zero-order valence-corrected chi connectivity index (χ0v) is 23.5. The summed E-state index contributed by atoms with van der Waals surface area (Å²) in [5.74, 6) is -3.16. The number of carbonyl (C=O) groups is 3. The molecule has 0 aliphatic carbocycles. The Balaban J connectivity index is 2.40. The molecule has 1 fully saturated rings. The molecule has 1 N–H and O–H groups in total. The molecule has 8 heteroatoms. The minimum absolute atomic E-state index is 0.0201. The van der Waals surface area contributed by atoms with Gasteiger partial charge in [-0.15, -0.1) is 0 Å². The van der Waals surface area contributed by atoms with E-state index in [2.05, 4.69) is 0 Å². The van der Waals surface area contributed by atoms with Crippen LogP contribution in [0.3, 0.4) is 0 Å². The Morgan fingerprint density at radius 3 is 2.28 bits per heavy atom. The quantitative estimate of drug-likeness (QED) is 0.454. The van der Waals surface area contributed by atoms with Gasteiger partial charge in [-0.25, -0.2) is 0 Å². The second kappa shape index (κ2) is 13.3. The van der Waals surface area contributed by atoms with Crippen LogP contribution < -0.4 is 0 Å². The van der Waals surface area contributed by atoms with Gasteiger partial charge in [0, 0.05) is 23.8 Å². The molecule has 2 rings (SSSR count). The van der Waals surface area contributed by atoms with Gasteiger partial charge >= 0.3 is 5.97 Å². The molecule has 0 spiro atoms. The van der Waals surface area contributed by atoms with Crippen molar-refractivity contribution >= 4 is 17.5 Å². The van der Waals surface area contributed by atoms with Gasteiger partial charge in [-0.05, 0) is 59.2 Å². The largest absolute Gasteiger partial charge is 0.461 e. The van der Waals surface area contributed by atoms with Crippen molar-refractivity contribution in [2.75, 3.05) is 14.1 Å². The smallest absolute Gasteiger partial charge is 0.316 e. The predicted molar refractivity (Wildman–Crippen MR) is 137 cm³/mol. The molecule has 0 radical (unpaired) electrons. The normalized spacial score (nSPS) is 41.8. The molecule has 2 aliphatic heterocycles. The van der Waals surface area contributed by atoms with Gasteiger partial charge in [0.1, 0.15) is 18.1 Å². The van der Waals surface area contributed by atoms with Gasteiger partial charge < -0.3 is 24.2 Å². The number of ketones is 2. The second-order valence-corrected chi connectivity index (χ2v) is 11.2. The zero-order valence-electron chi connectivity index (χ0n) is 23.5. The number of allylic oxidation sites excluding steroid dienone is 1. The Morgan fingerprint density at radius 1 is 1.06 bits per heavy atom. The van der Waals surface area contributed by atoms with E-state index in [1.807, 2.05) is 53.6 Å². The van der Waals surface area contributed by atoms with Crippen LogP contribution in [0.5, 0.6) is 0 Å². The lowest BCUT2D eigenvalue weighted by Gasteiger charge is -2.43. The first-order valence-electron chi connectivity index (χ1n) is 13.4. The summed E-state index contributed by atoms with van der Waals surface area (Å²) in [5, 5.41) is 11.0. The third-order valence-corrected chi connectivity index (χ3v) is 7.88. The molecule has 0 aromatic rings. The molecule has 0 aromatic heterocycles. The fourth-order valence-corrected chi connectivity index (χ4v) is 5.38. The maximum atomic E-state index is 13.5. The summed E-state index contributed by atoms with van der Waals surface area (Å²) in [6.45, 7) is 12.9. The maximum Gasteiger partial charge on any atom is 0.316 e. The number of nitrogens with zero attached hydrogens (tertiary/aromatic N) is 1. The first-order valence-corrected chi connectivity index (χ1v) is 13.4. The number of hydrogen-bond donors (Lipinski definition) is 1. The average molecular weight is 510 g/mol. The summed E-state index contributed by atoms with van der Waals surface area (Å²) in [6.07, 6.45) is 2.02. The average Bonchev–Trinajstić information content (AvgIpc) is 2.83. The van der Waals surface area contributed by atoms with Crippen molar-refractivity contribution < 1.29 is 33.7 Å². The summed E-state index contributed by atoms with van der Waals surface area (Å²) in [5.41, 5.74) is 0. The van der Waals surface area contributed by atoms with Gasteiger partial charge in [-0.2, -0.15) is 0 Å². The molecule has 0 aromatic carbocycles. The fraction of sp³-hybridized carbons (Fsp3) is 0.821. The van der Waals surface area contributed by atoms with Gasteiger partial charge in [0.15, 0.2) is 17.9 Å². The lowest BCUT2D eigenvalue weighted by atomic mass is 9.80. The molecule has 2 heterocycles. The van der Waals surface area contributed by atoms with E-state index < -0.39 is 42.4 Å². The van der Waals surface area contributed by atoms with E-state index in [9.17, 15) is 19.5 Å². The van der Waals surface area contributed by atoms with Crippen molar-refractivity contribution in [3.63, 3.8) is 0 Å². The second-order valence-electron chi connectivity index (χ2n) is 11.2. The van der Waals surface area contributed by atoms with E-state index in [1.54, 1.807) is 26.0 Å². The number of Topliss-reactive ketones (excluding diaryl/α,β-unsaturated/α-hetero) is 1. The number of ether oxygens (including phenoxy) is 3. The number of carbonyl (C=O) groups excluding carboxylic acids is 3. The molecular weight excluding hydrogens is 462 g/mol. The third-order valence-electron chi connectivity index (χ3n) is 7.88. The van der Waals surface area contributed by atoms with Crippen molar-refractivity contribution in [2.24, 2.45) is 29.6 Å². The highest BCUT2D eigenvalue weighted by atomic mass is 16.7. The number of cyclic esters (lactones) is 1. The van der Waals surface area contributed by atoms with Gasteiger partial charge in [-0.3, -0.25) is 14.4 Å². The highest BCUT2D eigenvalue weighted by Gasteiger charge is 2.43. The van der Waals surface area contributed by atoms with Crippen molar-refractivity contribution in [3.8, 4) is 0 Å². The molecular formula is C28H47NO7. The number of hydrogen-bond acceptors (Lipinski definition) is 8. The van der Waals surface area contributed by atoms with E-state index >= 15 is 0 Å². The number of aliphatic hydroxyl groups is 1. The lowest BCUT2D eigenvalue weighted by Crippen LogP contribution is -2.56. The highest BCUT2D eigenvalue weighted by Crippen LogP contribution is 2.32. The van der Waals surface area contributed by atoms with Crippen molar-refractivity contribution in [1.82, 2.24) is 4.90 Å². The third kappa shape index (κ3) is 7.46. The molecule has 8 nitrogen and oxygen atoms in total. The van der Waals surface area contributed by atoms with Crippen LogP contribution in [-0.4, -0.2) is 78.4 Å². The Bertz CT molecular complexity index is 797. The molecule has 2 aliphatic rings. The van der Waals surface area contributed by atoms with Crippen LogP contribution in [-0.2, 0) is 28.6 Å². The summed E-state index contributed by atoms with van der Waals surface area (Å²) < 4.78 is 18.1. The van der Waals surface area contributed by atoms with Crippen LogP contribution in [0.1, 0.15) is 67.7 Å². The first-order chi connectivity index (χ1) is 16.8. The zero-order chi connectivity index (χ0) is 27.3. The molecule has 36 heavy (non-hydrogen) atoms. The van der Waals surface area contributed by atoms with E-state index in [1.165, 1.54) is 0 Å². The first kappa shape index (κ1) is 30.6. The number of rotatable bonds is 4. The Morgan fingerprint density at radius 2 is 1.69 bits per heavy atom. The highest BCUT2D eigenvalue weighted by molar-refractivity contribution is 6.00. The lowest BCUT2D eigenvalue weighted by molar-refractivity contribution is -0.278. The van der Waals surface area contributed by atoms with E-state index in [0.29, 0.717) is 19.3 Å². The molecule has 1 saturated heterocycles. The summed E-state index contributed by atoms with van der Waals surface area (Å²) in [6, 6.07) is -0.161. The minimum Gasteiger partial charge on any atom is -0.461 e. The summed E-state index contributed by atoms with van der Waals surface area (Å²) >= 11 is 0. The predicted octanol–water partition coefficient (Wildman–Crippen LogP) is 3.40. The molecule has 11 atom stereocenters. The number of esters is 1.